The number of hydrogen-bond donors (Lipinski definition) is 2. The van der Waals surface area contributed by atoms with Crippen molar-refractivity contribution < 1.29 is 5.11 Å². The molecule has 0 fully saturated rings. The summed E-state index contributed by atoms with van der Waals surface area (Å²) in [5, 5.41) is 12.4. The lowest BCUT2D eigenvalue weighted by molar-refractivity contribution is 0.204. The van der Waals surface area contributed by atoms with Crippen molar-refractivity contribution in [2.45, 2.75) is 12.3 Å². The number of rotatable bonds is 4. The predicted molar refractivity (Wildman–Crippen MR) is 54.8 cm³/mol. The highest BCUT2D eigenvalue weighted by Crippen LogP contribution is 2.21. The topological polar surface area (TPSA) is 32.3 Å². The highest BCUT2D eigenvalue weighted by molar-refractivity contribution is 5.24. The lowest BCUT2D eigenvalue weighted by atomic mass is 9.83. The van der Waals surface area contributed by atoms with Crippen LogP contribution in [0.1, 0.15) is 12.5 Å². The van der Waals surface area contributed by atoms with Crippen LogP contribution in [0.3, 0.4) is 0 Å². The quantitative estimate of drug-likeness (QED) is 0.727. The van der Waals surface area contributed by atoms with Crippen molar-refractivity contribution in [3.05, 3.63) is 35.9 Å². The second kappa shape index (κ2) is 4.40. The van der Waals surface area contributed by atoms with Gasteiger partial charge in [-0.1, -0.05) is 37.3 Å². The van der Waals surface area contributed by atoms with Crippen molar-refractivity contribution in [2.24, 2.45) is 0 Å². The molecule has 2 nitrogen and oxygen atoms in total. The average molecular weight is 179 g/mol. The minimum absolute atomic E-state index is 0.165. The molecule has 0 amide bonds. The third kappa shape index (κ3) is 2.29. The monoisotopic (exact) mass is 179 g/mol. The van der Waals surface area contributed by atoms with E-state index in [0.717, 1.165) is 6.54 Å². The van der Waals surface area contributed by atoms with Crippen LogP contribution < -0.4 is 5.32 Å². The SMILES string of the molecule is CNCC(C)(CO)c1ccccc1. The van der Waals surface area contributed by atoms with Gasteiger partial charge in [-0.25, -0.2) is 0 Å². The number of benzene rings is 1. The fourth-order valence-corrected chi connectivity index (χ4v) is 1.48. The predicted octanol–water partition coefficient (Wildman–Crippen LogP) is 1.16. The summed E-state index contributed by atoms with van der Waals surface area (Å²) in [6, 6.07) is 10.1. The molecule has 0 heterocycles. The summed E-state index contributed by atoms with van der Waals surface area (Å²) in [5.74, 6) is 0. The first-order valence-electron chi connectivity index (χ1n) is 4.54. The Morgan fingerprint density at radius 1 is 1.31 bits per heavy atom. The Kier molecular flexibility index (Phi) is 3.46. The van der Waals surface area contributed by atoms with E-state index in [-0.39, 0.29) is 12.0 Å². The summed E-state index contributed by atoms with van der Waals surface area (Å²) in [6.07, 6.45) is 0. The first-order chi connectivity index (χ1) is 6.23. The van der Waals surface area contributed by atoms with E-state index in [1.54, 1.807) is 0 Å². The Morgan fingerprint density at radius 3 is 2.38 bits per heavy atom. The molecule has 0 spiro atoms. The summed E-state index contributed by atoms with van der Waals surface area (Å²) in [7, 11) is 1.90. The molecule has 0 aliphatic rings. The highest BCUT2D eigenvalue weighted by Gasteiger charge is 2.24. The minimum atomic E-state index is -0.171. The second-order valence-corrected chi connectivity index (χ2v) is 3.62. The molecular formula is C11H17NO. The van der Waals surface area contributed by atoms with Gasteiger partial charge in [0.15, 0.2) is 0 Å². The van der Waals surface area contributed by atoms with Crippen LogP contribution >= 0.6 is 0 Å². The largest absolute Gasteiger partial charge is 0.395 e. The maximum Gasteiger partial charge on any atom is 0.0537 e. The van der Waals surface area contributed by atoms with Gasteiger partial charge in [0.05, 0.1) is 6.61 Å². The third-order valence-electron chi connectivity index (χ3n) is 2.39. The van der Waals surface area contributed by atoms with Gasteiger partial charge >= 0.3 is 0 Å². The van der Waals surface area contributed by atoms with Crippen molar-refractivity contribution in [3.8, 4) is 0 Å². The first kappa shape index (κ1) is 10.2. The van der Waals surface area contributed by atoms with E-state index in [4.69, 9.17) is 0 Å². The number of nitrogens with one attached hydrogen (secondary N) is 1. The maximum absolute atomic E-state index is 9.33. The molecule has 1 aromatic carbocycles. The zero-order chi connectivity index (χ0) is 9.73. The molecule has 0 aliphatic carbocycles. The van der Waals surface area contributed by atoms with Gasteiger partial charge in [-0.05, 0) is 12.6 Å². The Morgan fingerprint density at radius 2 is 1.92 bits per heavy atom. The van der Waals surface area contributed by atoms with Crippen molar-refractivity contribution >= 4 is 0 Å². The van der Waals surface area contributed by atoms with Crippen molar-refractivity contribution in [3.63, 3.8) is 0 Å². The molecule has 2 N–H and O–H groups in total. The zero-order valence-electron chi connectivity index (χ0n) is 8.25. The van der Waals surface area contributed by atoms with Gasteiger partial charge < -0.3 is 10.4 Å². The normalized spacial score (nSPS) is 15.3. The van der Waals surface area contributed by atoms with Crippen LogP contribution in [0.15, 0.2) is 30.3 Å². The van der Waals surface area contributed by atoms with Gasteiger partial charge in [0.25, 0.3) is 0 Å². The molecule has 1 atom stereocenters. The van der Waals surface area contributed by atoms with Crippen LogP contribution in [0.5, 0.6) is 0 Å². The van der Waals surface area contributed by atoms with Crippen molar-refractivity contribution in [1.29, 1.82) is 0 Å². The van der Waals surface area contributed by atoms with Gasteiger partial charge in [0.2, 0.25) is 0 Å². The smallest absolute Gasteiger partial charge is 0.0537 e. The Labute approximate surface area is 79.6 Å². The molecule has 0 saturated heterocycles. The van der Waals surface area contributed by atoms with E-state index in [0.29, 0.717) is 0 Å². The number of likely N-dealkylation sites (N-methyl/N-ethyl adjacent to an activating group) is 1. The van der Waals surface area contributed by atoms with Gasteiger partial charge in [-0.15, -0.1) is 0 Å². The van der Waals surface area contributed by atoms with Gasteiger partial charge in [-0.3, -0.25) is 0 Å². The molecule has 0 radical (unpaired) electrons. The van der Waals surface area contributed by atoms with E-state index in [1.807, 2.05) is 37.4 Å². The highest BCUT2D eigenvalue weighted by atomic mass is 16.3. The van der Waals surface area contributed by atoms with E-state index in [9.17, 15) is 5.11 Å². The molecule has 2 heteroatoms. The number of aliphatic hydroxyl groups is 1. The fraction of sp³-hybridized carbons (Fsp3) is 0.455. The first-order valence-corrected chi connectivity index (χ1v) is 4.54. The Hall–Kier alpha value is -0.860. The van der Waals surface area contributed by atoms with E-state index in [2.05, 4.69) is 12.2 Å². The van der Waals surface area contributed by atoms with Crippen LogP contribution in [-0.4, -0.2) is 25.3 Å². The molecule has 1 rings (SSSR count). The van der Waals surface area contributed by atoms with Crippen LogP contribution in [0, 0.1) is 0 Å². The zero-order valence-corrected chi connectivity index (χ0v) is 8.25. The minimum Gasteiger partial charge on any atom is -0.395 e. The van der Waals surface area contributed by atoms with Crippen LogP contribution in [0.4, 0.5) is 0 Å². The molecule has 0 saturated carbocycles. The lowest BCUT2D eigenvalue weighted by Gasteiger charge is -2.27. The summed E-state index contributed by atoms with van der Waals surface area (Å²) in [5.41, 5.74) is 1.00. The summed E-state index contributed by atoms with van der Waals surface area (Å²) in [4.78, 5) is 0. The van der Waals surface area contributed by atoms with Gasteiger partial charge in [0.1, 0.15) is 0 Å². The van der Waals surface area contributed by atoms with Crippen molar-refractivity contribution in [2.75, 3.05) is 20.2 Å². The van der Waals surface area contributed by atoms with Gasteiger partial charge in [0, 0.05) is 12.0 Å². The van der Waals surface area contributed by atoms with Crippen LogP contribution in [-0.2, 0) is 5.41 Å². The fourth-order valence-electron chi connectivity index (χ4n) is 1.48. The Bertz CT molecular complexity index is 248. The second-order valence-electron chi connectivity index (χ2n) is 3.62. The van der Waals surface area contributed by atoms with Crippen LogP contribution in [0.2, 0.25) is 0 Å². The van der Waals surface area contributed by atoms with E-state index < -0.39 is 0 Å². The molecule has 1 aromatic rings. The van der Waals surface area contributed by atoms with E-state index >= 15 is 0 Å². The average Bonchev–Trinajstić information content (AvgIpc) is 2.19. The van der Waals surface area contributed by atoms with Gasteiger partial charge in [-0.2, -0.15) is 0 Å². The Balaban J connectivity index is 2.89. The summed E-state index contributed by atoms with van der Waals surface area (Å²) in [6.45, 7) is 3.00. The summed E-state index contributed by atoms with van der Waals surface area (Å²) < 4.78 is 0. The van der Waals surface area contributed by atoms with Crippen molar-refractivity contribution in [1.82, 2.24) is 5.32 Å². The maximum atomic E-state index is 9.33. The number of hydrogen-bond acceptors (Lipinski definition) is 2. The number of aliphatic hydroxyl groups excluding tert-OH is 1. The molecule has 0 aromatic heterocycles. The standard InChI is InChI=1S/C11H17NO/c1-11(9-13,8-12-2)10-6-4-3-5-7-10/h3-7,12-13H,8-9H2,1-2H3. The third-order valence-corrected chi connectivity index (χ3v) is 2.39. The molecule has 0 aliphatic heterocycles. The molecule has 1 unspecified atom stereocenters. The summed E-state index contributed by atoms with van der Waals surface area (Å²) >= 11 is 0. The molecule has 0 bridgehead atoms. The van der Waals surface area contributed by atoms with Crippen LogP contribution in [0.25, 0.3) is 0 Å². The molecular weight excluding hydrogens is 162 g/mol. The molecule has 72 valence electrons. The van der Waals surface area contributed by atoms with E-state index in [1.165, 1.54) is 5.56 Å². The molecule has 13 heavy (non-hydrogen) atoms. The lowest BCUT2D eigenvalue weighted by Crippen LogP contribution is -2.37.